The average Bonchev–Trinajstić information content (AvgIpc) is 3.53. The minimum atomic E-state index is 0.655. The minimum absolute atomic E-state index is 0.655. The molecule has 1 aliphatic heterocycles. The molecule has 0 radical (unpaired) electrons. The molecule has 144 valence electrons. The minimum Gasteiger partial charge on any atom is -0.353 e. The summed E-state index contributed by atoms with van der Waals surface area (Å²) < 4.78 is 0. The first kappa shape index (κ1) is 17.5. The van der Waals surface area contributed by atoms with Crippen molar-refractivity contribution in [3.05, 3.63) is 40.9 Å². The van der Waals surface area contributed by atoms with Crippen LogP contribution in [0.25, 0.3) is 10.6 Å². The maximum absolute atomic E-state index is 4.49. The number of aromatic nitrogens is 5. The molecule has 0 amide bonds. The van der Waals surface area contributed by atoms with Gasteiger partial charge in [-0.1, -0.05) is 0 Å². The quantitative estimate of drug-likeness (QED) is 0.674. The largest absolute Gasteiger partial charge is 0.353 e. The van der Waals surface area contributed by atoms with Crippen LogP contribution < -0.4 is 9.80 Å². The van der Waals surface area contributed by atoms with E-state index in [0.29, 0.717) is 5.92 Å². The lowest BCUT2D eigenvalue weighted by Crippen LogP contribution is -2.47. The lowest BCUT2D eigenvalue weighted by molar-refractivity contribution is 0.637. The Morgan fingerprint density at radius 1 is 0.929 bits per heavy atom. The first-order valence-electron chi connectivity index (χ1n) is 9.77. The SMILES string of the molecule is Cc1nc(C)c(-c2ccc(N3CCN(c4cc(C5CC5)ncn4)CC3)nn2)s1. The van der Waals surface area contributed by atoms with Crippen LogP contribution in [0.3, 0.4) is 0 Å². The van der Waals surface area contributed by atoms with E-state index in [1.807, 2.05) is 13.8 Å². The number of hydrogen-bond acceptors (Lipinski definition) is 8. The predicted molar refractivity (Wildman–Crippen MR) is 111 cm³/mol. The molecule has 1 saturated heterocycles. The number of hydrogen-bond donors (Lipinski definition) is 0. The van der Waals surface area contributed by atoms with E-state index in [2.05, 4.69) is 53.1 Å². The third-order valence-corrected chi connectivity index (χ3v) is 6.48. The monoisotopic (exact) mass is 393 g/mol. The fourth-order valence-electron chi connectivity index (χ4n) is 3.69. The van der Waals surface area contributed by atoms with Crippen molar-refractivity contribution >= 4 is 23.0 Å². The van der Waals surface area contributed by atoms with Crippen molar-refractivity contribution in [1.29, 1.82) is 0 Å². The number of anilines is 2. The average molecular weight is 394 g/mol. The van der Waals surface area contributed by atoms with Gasteiger partial charge in [0.2, 0.25) is 0 Å². The van der Waals surface area contributed by atoms with Gasteiger partial charge in [-0.3, -0.25) is 0 Å². The highest BCUT2D eigenvalue weighted by Crippen LogP contribution is 2.39. The fraction of sp³-hybridized carbons (Fsp3) is 0.450. The zero-order valence-electron chi connectivity index (χ0n) is 16.2. The summed E-state index contributed by atoms with van der Waals surface area (Å²) in [6, 6.07) is 6.30. The Hall–Kier alpha value is -2.61. The molecule has 2 aliphatic rings. The predicted octanol–water partition coefficient (Wildman–Crippen LogP) is 3.21. The van der Waals surface area contributed by atoms with Gasteiger partial charge in [-0.25, -0.2) is 15.0 Å². The number of rotatable bonds is 4. The van der Waals surface area contributed by atoms with Gasteiger partial charge >= 0.3 is 0 Å². The Balaban J connectivity index is 1.25. The summed E-state index contributed by atoms with van der Waals surface area (Å²) in [5, 5.41) is 10.0. The van der Waals surface area contributed by atoms with Crippen molar-refractivity contribution < 1.29 is 0 Å². The van der Waals surface area contributed by atoms with E-state index in [1.54, 1.807) is 17.7 Å². The van der Waals surface area contributed by atoms with Crippen LogP contribution in [0.2, 0.25) is 0 Å². The van der Waals surface area contributed by atoms with Crippen LogP contribution in [-0.2, 0) is 0 Å². The van der Waals surface area contributed by atoms with Gasteiger partial charge in [0.05, 0.1) is 15.6 Å². The molecule has 8 heteroatoms. The molecule has 4 heterocycles. The molecular formula is C20H23N7S. The van der Waals surface area contributed by atoms with Crippen LogP contribution in [0, 0.1) is 13.8 Å². The van der Waals surface area contributed by atoms with Gasteiger partial charge in [0.15, 0.2) is 5.82 Å². The third-order valence-electron chi connectivity index (χ3n) is 5.38. The molecule has 3 aromatic rings. The standard InChI is InChI=1S/C20H23N7S/c1-13-20(28-14(2)23-13)16-5-6-18(25-24-16)26-7-9-27(10-8-26)19-11-17(15-3-4-15)21-12-22-19/h5-6,11-12,15H,3-4,7-10H2,1-2H3. The van der Waals surface area contributed by atoms with Gasteiger partial charge in [0.1, 0.15) is 17.8 Å². The van der Waals surface area contributed by atoms with Gasteiger partial charge in [0.25, 0.3) is 0 Å². The molecule has 7 nitrogen and oxygen atoms in total. The molecule has 0 aromatic carbocycles. The molecule has 1 aliphatic carbocycles. The van der Waals surface area contributed by atoms with Crippen LogP contribution in [0.4, 0.5) is 11.6 Å². The van der Waals surface area contributed by atoms with Crippen LogP contribution in [0.15, 0.2) is 24.5 Å². The highest BCUT2D eigenvalue weighted by atomic mass is 32.1. The van der Waals surface area contributed by atoms with E-state index < -0.39 is 0 Å². The second-order valence-corrected chi connectivity index (χ2v) is 8.68. The van der Waals surface area contributed by atoms with Crippen LogP contribution in [0.1, 0.15) is 35.2 Å². The Labute approximate surface area is 168 Å². The normalized spacial score (nSPS) is 17.2. The molecule has 28 heavy (non-hydrogen) atoms. The lowest BCUT2D eigenvalue weighted by Gasteiger charge is -2.35. The van der Waals surface area contributed by atoms with E-state index in [9.17, 15) is 0 Å². The Morgan fingerprint density at radius 3 is 2.29 bits per heavy atom. The zero-order chi connectivity index (χ0) is 19.1. The summed E-state index contributed by atoms with van der Waals surface area (Å²) in [4.78, 5) is 19.1. The van der Waals surface area contributed by atoms with Crippen molar-refractivity contribution in [3.8, 4) is 10.6 Å². The molecule has 5 rings (SSSR count). The van der Waals surface area contributed by atoms with E-state index >= 15 is 0 Å². The fourth-order valence-corrected chi connectivity index (χ4v) is 4.57. The molecule has 3 aromatic heterocycles. The zero-order valence-corrected chi connectivity index (χ0v) is 17.0. The molecule has 0 spiro atoms. The first-order chi connectivity index (χ1) is 13.7. The van der Waals surface area contributed by atoms with Crippen molar-refractivity contribution in [3.63, 3.8) is 0 Å². The molecular weight excluding hydrogens is 370 g/mol. The first-order valence-corrected chi connectivity index (χ1v) is 10.6. The van der Waals surface area contributed by atoms with E-state index in [-0.39, 0.29) is 0 Å². The highest BCUT2D eigenvalue weighted by molar-refractivity contribution is 7.15. The second-order valence-electron chi connectivity index (χ2n) is 7.47. The van der Waals surface area contributed by atoms with Crippen molar-refractivity contribution in [2.75, 3.05) is 36.0 Å². The number of thiazole rings is 1. The Kier molecular flexibility index (Phi) is 4.43. The highest BCUT2D eigenvalue weighted by Gasteiger charge is 2.26. The van der Waals surface area contributed by atoms with E-state index in [1.165, 1.54) is 18.5 Å². The van der Waals surface area contributed by atoms with Gasteiger partial charge in [-0.2, -0.15) is 0 Å². The summed E-state index contributed by atoms with van der Waals surface area (Å²) in [6.45, 7) is 7.73. The number of piperazine rings is 1. The molecule has 1 saturated carbocycles. The van der Waals surface area contributed by atoms with E-state index in [4.69, 9.17) is 0 Å². The maximum Gasteiger partial charge on any atom is 0.151 e. The molecule has 2 fully saturated rings. The lowest BCUT2D eigenvalue weighted by atomic mass is 10.2. The van der Waals surface area contributed by atoms with Crippen molar-refractivity contribution in [2.45, 2.75) is 32.6 Å². The van der Waals surface area contributed by atoms with Gasteiger partial charge < -0.3 is 9.80 Å². The van der Waals surface area contributed by atoms with Crippen LogP contribution in [-0.4, -0.2) is 51.3 Å². The topological polar surface area (TPSA) is 70.9 Å². The summed E-state index contributed by atoms with van der Waals surface area (Å²) in [5.74, 6) is 2.64. The maximum atomic E-state index is 4.49. The molecule has 0 unspecified atom stereocenters. The smallest absolute Gasteiger partial charge is 0.151 e. The number of aryl methyl sites for hydroxylation is 2. The molecule has 0 atom stereocenters. The number of nitrogens with zero attached hydrogens (tertiary/aromatic N) is 7. The Bertz CT molecular complexity index is 972. The Morgan fingerprint density at radius 2 is 1.68 bits per heavy atom. The van der Waals surface area contributed by atoms with Gasteiger partial charge in [0, 0.05) is 43.9 Å². The molecule has 0 bridgehead atoms. The van der Waals surface area contributed by atoms with Crippen LogP contribution >= 0.6 is 11.3 Å². The summed E-state index contributed by atoms with van der Waals surface area (Å²) in [6.07, 6.45) is 4.24. The van der Waals surface area contributed by atoms with Crippen molar-refractivity contribution in [2.24, 2.45) is 0 Å². The van der Waals surface area contributed by atoms with E-state index in [0.717, 1.165) is 59.1 Å². The second kappa shape index (κ2) is 7.09. The van der Waals surface area contributed by atoms with Crippen molar-refractivity contribution in [1.82, 2.24) is 25.1 Å². The molecule has 0 N–H and O–H groups in total. The third kappa shape index (κ3) is 3.44. The summed E-state index contributed by atoms with van der Waals surface area (Å²) in [5.41, 5.74) is 3.12. The van der Waals surface area contributed by atoms with Crippen LogP contribution in [0.5, 0.6) is 0 Å². The van der Waals surface area contributed by atoms with Gasteiger partial charge in [-0.05, 0) is 38.8 Å². The summed E-state index contributed by atoms with van der Waals surface area (Å²) >= 11 is 1.67. The van der Waals surface area contributed by atoms with Gasteiger partial charge in [-0.15, -0.1) is 21.5 Å². The summed E-state index contributed by atoms with van der Waals surface area (Å²) in [7, 11) is 0.